The summed E-state index contributed by atoms with van der Waals surface area (Å²) in [5.41, 5.74) is 6.65. The van der Waals surface area contributed by atoms with Gasteiger partial charge in [0.2, 0.25) is 10.0 Å². The Hall–Kier alpha value is -0.660. The van der Waals surface area contributed by atoms with E-state index in [2.05, 4.69) is 20.7 Å². The van der Waals surface area contributed by atoms with E-state index in [9.17, 15) is 8.42 Å². The third-order valence-electron chi connectivity index (χ3n) is 1.99. The van der Waals surface area contributed by atoms with Crippen molar-refractivity contribution in [2.75, 3.05) is 10.5 Å². The van der Waals surface area contributed by atoms with E-state index in [-0.39, 0.29) is 10.7 Å². The van der Waals surface area contributed by atoms with Crippen molar-refractivity contribution in [2.45, 2.75) is 13.3 Å². The van der Waals surface area contributed by atoms with Crippen LogP contribution in [0.3, 0.4) is 0 Å². The second-order valence-corrected chi connectivity index (χ2v) is 6.62. The lowest BCUT2D eigenvalue weighted by molar-refractivity contribution is 0.600. The van der Waals surface area contributed by atoms with Gasteiger partial charge < -0.3 is 5.73 Å². The number of anilines is 1. The topological polar surface area (TPSA) is 72.2 Å². The van der Waals surface area contributed by atoms with Gasteiger partial charge in [-0.2, -0.15) is 0 Å². The van der Waals surface area contributed by atoms with Crippen LogP contribution in [0.1, 0.15) is 18.9 Å². The van der Waals surface area contributed by atoms with Crippen LogP contribution in [0.4, 0.5) is 5.69 Å². The van der Waals surface area contributed by atoms with Crippen molar-refractivity contribution in [1.82, 2.24) is 0 Å². The molecule has 7 heteroatoms. The number of thiocarbonyl (C=S) groups is 1. The Kier molecular flexibility index (Phi) is 4.91. The fourth-order valence-electron chi connectivity index (χ4n) is 1.24. The molecular formula is C10H13BrN2O2S2. The summed E-state index contributed by atoms with van der Waals surface area (Å²) < 4.78 is 26.3. The molecule has 0 aliphatic carbocycles. The van der Waals surface area contributed by atoms with E-state index in [0.29, 0.717) is 22.1 Å². The molecule has 0 bridgehead atoms. The third kappa shape index (κ3) is 4.25. The molecule has 0 aliphatic rings. The van der Waals surface area contributed by atoms with Crippen LogP contribution in [0.5, 0.6) is 0 Å². The molecule has 0 heterocycles. The Morgan fingerprint density at radius 2 is 2.18 bits per heavy atom. The molecule has 0 atom stereocenters. The van der Waals surface area contributed by atoms with Gasteiger partial charge in [-0.3, -0.25) is 4.72 Å². The summed E-state index contributed by atoms with van der Waals surface area (Å²) in [7, 11) is -3.28. The summed E-state index contributed by atoms with van der Waals surface area (Å²) >= 11 is 8.11. The molecule has 0 aromatic heterocycles. The molecular weight excluding hydrogens is 324 g/mol. The van der Waals surface area contributed by atoms with Crippen molar-refractivity contribution in [2.24, 2.45) is 5.73 Å². The standard InChI is InChI=1S/C10H13BrN2O2S2/c1-2-5-17(14,15)13-9-4-3-7(10(12)16)6-8(9)11/h3-4,6,13H,2,5H2,1H3,(H2,12,16). The van der Waals surface area contributed by atoms with Gasteiger partial charge in [0.15, 0.2) is 0 Å². The van der Waals surface area contributed by atoms with Crippen LogP contribution in [-0.4, -0.2) is 19.2 Å². The van der Waals surface area contributed by atoms with Gasteiger partial charge in [-0.1, -0.05) is 19.1 Å². The molecule has 4 nitrogen and oxygen atoms in total. The van der Waals surface area contributed by atoms with Crippen molar-refractivity contribution in [3.63, 3.8) is 0 Å². The average molecular weight is 337 g/mol. The van der Waals surface area contributed by atoms with Gasteiger partial charge in [-0.05, 0) is 40.5 Å². The van der Waals surface area contributed by atoms with Gasteiger partial charge in [-0.25, -0.2) is 8.42 Å². The molecule has 0 amide bonds. The van der Waals surface area contributed by atoms with E-state index in [1.807, 2.05) is 6.92 Å². The highest BCUT2D eigenvalue weighted by Gasteiger charge is 2.11. The first-order chi connectivity index (χ1) is 7.85. The zero-order chi connectivity index (χ0) is 13.1. The molecule has 0 spiro atoms. The number of sulfonamides is 1. The predicted octanol–water partition coefficient (Wildman–Crippen LogP) is 2.24. The number of hydrogen-bond donors (Lipinski definition) is 2. The summed E-state index contributed by atoms with van der Waals surface area (Å²) in [6.07, 6.45) is 0.567. The van der Waals surface area contributed by atoms with E-state index in [0.717, 1.165) is 0 Å². The summed E-state index contributed by atoms with van der Waals surface area (Å²) in [5.74, 6) is 0.0937. The Bertz CT molecular complexity index is 529. The highest BCUT2D eigenvalue weighted by atomic mass is 79.9. The smallest absolute Gasteiger partial charge is 0.232 e. The van der Waals surface area contributed by atoms with Crippen LogP contribution in [0.25, 0.3) is 0 Å². The van der Waals surface area contributed by atoms with Crippen LogP contribution in [0.15, 0.2) is 22.7 Å². The minimum absolute atomic E-state index is 0.0937. The molecule has 1 aromatic carbocycles. The van der Waals surface area contributed by atoms with Crippen molar-refractivity contribution < 1.29 is 8.42 Å². The van der Waals surface area contributed by atoms with Gasteiger partial charge in [0.1, 0.15) is 4.99 Å². The molecule has 0 fully saturated rings. The minimum atomic E-state index is -3.28. The average Bonchev–Trinajstić information content (AvgIpc) is 2.20. The number of halogens is 1. The molecule has 94 valence electrons. The quantitative estimate of drug-likeness (QED) is 0.809. The number of benzene rings is 1. The minimum Gasteiger partial charge on any atom is -0.389 e. The maximum Gasteiger partial charge on any atom is 0.232 e. The number of nitrogens with two attached hydrogens (primary N) is 1. The second-order valence-electron chi connectivity index (χ2n) is 3.48. The molecule has 1 rings (SSSR count). The van der Waals surface area contributed by atoms with Crippen molar-refractivity contribution in [3.05, 3.63) is 28.2 Å². The van der Waals surface area contributed by atoms with Gasteiger partial charge in [0.05, 0.1) is 11.4 Å². The summed E-state index contributed by atoms with van der Waals surface area (Å²) in [6, 6.07) is 4.99. The molecule has 0 unspecified atom stereocenters. The Morgan fingerprint density at radius 3 is 2.65 bits per heavy atom. The van der Waals surface area contributed by atoms with Gasteiger partial charge in [0, 0.05) is 10.0 Å². The van der Waals surface area contributed by atoms with Crippen LogP contribution in [0.2, 0.25) is 0 Å². The lowest BCUT2D eigenvalue weighted by atomic mass is 10.2. The van der Waals surface area contributed by atoms with E-state index < -0.39 is 10.0 Å². The summed E-state index contributed by atoms with van der Waals surface area (Å²) in [5, 5.41) is 0. The largest absolute Gasteiger partial charge is 0.389 e. The van der Waals surface area contributed by atoms with Crippen LogP contribution < -0.4 is 10.5 Å². The van der Waals surface area contributed by atoms with Gasteiger partial charge in [0.25, 0.3) is 0 Å². The molecule has 3 N–H and O–H groups in total. The highest BCUT2D eigenvalue weighted by molar-refractivity contribution is 9.10. The first-order valence-electron chi connectivity index (χ1n) is 4.95. The zero-order valence-electron chi connectivity index (χ0n) is 9.23. The monoisotopic (exact) mass is 336 g/mol. The highest BCUT2D eigenvalue weighted by Crippen LogP contribution is 2.24. The molecule has 0 saturated heterocycles. The Morgan fingerprint density at radius 1 is 1.53 bits per heavy atom. The first-order valence-corrected chi connectivity index (χ1v) is 7.81. The molecule has 17 heavy (non-hydrogen) atoms. The third-order valence-corrected chi connectivity index (χ3v) is 4.36. The van der Waals surface area contributed by atoms with E-state index in [1.54, 1.807) is 18.2 Å². The number of nitrogens with one attached hydrogen (secondary N) is 1. The molecule has 0 saturated carbocycles. The maximum absolute atomic E-state index is 11.6. The number of hydrogen-bond acceptors (Lipinski definition) is 3. The number of rotatable bonds is 5. The fraction of sp³-hybridized carbons (Fsp3) is 0.300. The Labute approximate surface area is 115 Å². The van der Waals surface area contributed by atoms with Gasteiger partial charge in [-0.15, -0.1) is 0 Å². The van der Waals surface area contributed by atoms with Crippen LogP contribution in [0, 0.1) is 0 Å². The summed E-state index contributed by atoms with van der Waals surface area (Å²) in [4.78, 5) is 0.272. The van der Waals surface area contributed by atoms with Gasteiger partial charge >= 0.3 is 0 Å². The van der Waals surface area contributed by atoms with Crippen LogP contribution >= 0.6 is 28.1 Å². The lowest BCUT2D eigenvalue weighted by Gasteiger charge is -2.10. The normalized spacial score (nSPS) is 11.2. The summed E-state index contributed by atoms with van der Waals surface area (Å²) in [6.45, 7) is 1.81. The van der Waals surface area contributed by atoms with Crippen molar-refractivity contribution in [1.29, 1.82) is 0 Å². The van der Waals surface area contributed by atoms with Crippen molar-refractivity contribution >= 4 is 48.8 Å². The molecule has 0 radical (unpaired) electrons. The molecule has 0 aliphatic heterocycles. The van der Waals surface area contributed by atoms with E-state index >= 15 is 0 Å². The van der Waals surface area contributed by atoms with Crippen molar-refractivity contribution in [3.8, 4) is 0 Å². The second kappa shape index (κ2) is 5.79. The lowest BCUT2D eigenvalue weighted by Crippen LogP contribution is -2.17. The SMILES string of the molecule is CCCS(=O)(=O)Nc1ccc(C(N)=S)cc1Br. The predicted molar refractivity (Wildman–Crippen MR) is 77.7 cm³/mol. The fourth-order valence-corrected chi connectivity index (χ4v) is 3.13. The zero-order valence-corrected chi connectivity index (χ0v) is 12.5. The van der Waals surface area contributed by atoms with E-state index in [4.69, 9.17) is 18.0 Å². The van der Waals surface area contributed by atoms with Crippen LogP contribution in [-0.2, 0) is 10.0 Å². The molecule has 1 aromatic rings. The first kappa shape index (κ1) is 14.4. The van der Waals surface area contributed by atoms with E-state index in [1.165, 1.54) is 0 Å². The Balaban J connectivity index is 2.98. The maximum atomic E-state index is 11.6.